The van der Waals surface area contributed by atoms with Gasteiger partial charge in [-0.3, -0.25) is 4.68 Å². The quantitative estimate of drug-likeness (QED) is 0.849. The highest BCUT2D eigenvalue weighted by Gasteiger charge is 2.01. The number of benzene rings is 1. The maximum Gasteiger partial charge on any atom is 0.115 e. The topological polar surface area (TPSA) is 50.9 Å². The molecular weight excluding hydrogens is 202 g/mol. The number of phenolic OH excluding ortho intramolecular Hbond substituents is 1. The van der Waals surface area contributed by atoms with Crippen LogP contribution >= 0.6 is 0 Å². The normalized spacial score (nSPS) is 10.6. The van der Waals surface area contributed by atoms with Crippen molar-refractivity contribution in [3.05, 3.63) is 41.7 Å². The molecule has 1 aromatic heterocycles. The van der Waals surface area contributed by atoms with Crippen molar-refractivity contribution in [3.63, 3.8) is 0 Å². The van der Waals surface area contributed by atoms with Gasteiger partial charge in [0.15, 0.2) is 0 Å². The third-order valence-corrected chi connectivity index (χ3v) is 2.49. The maximum atomic E-state index is 9.32. The van der Waals surface area contributed by atoms with Crippen LogP contribution in [0, 0.1) is 0 Å². The first-order valence-corrected chi connectivity index (χ1v) is 5.45. The molecule has 4 heteroatoms. The van der Waals surface area contributed by atoms with Crippen LogP contribution in [-0.4, -0.2) is 20.1 Å². The van der Waals surface area contributed by atoms with Crippen molar-refractivity contribution in [2.24, 2.45) is 0 Å². The molecule has 2 aromatic rings. The van der Waals surface area contributed by atoms with Gasteiger partial charge in [0.2, 0.25) is 0 Å². The summed E-state index contributed by atoms with van der Waals surface area (Å²) in [5, 5.41) is 17.4. The van der Waals surface area contributed by atoms with E-state index < -0.39 is 0 Å². The molecule has 0 radical (unpaired) electrons. The smallest absolute Gasteiger partial charge is 0.115 e. The molecule has 0 bridgehead atoms. The molecule has 0 atom stereocenters. The van der Waals surface area contributed by atoms with Crippen LogP contribution in [0.15, 0.2) is 30.5 Å². The number of aromatic hydroxyl groups is 1. The average Bonchev–Trinajstić information content (AvgIpc) is 2.74. The second kappa shape index (κ2) is 4.79. The van der Waals surface area contributed by atoms with E-state index in [1.54, 1.807) is 12.1 Å². The van der Waals surface area contributed by atoms with Crippen molar-refractivity contribution in [1.29, 1.82) is 0 Å². The lowest BCUT2D eigenvalue weighted by Gasteiger charge is -1.99. The molecule has 0 aliphatic rings. The lowest BCUT2D eigenvalue weighted by Crippen LogP contribution is -1.93. The highest BCUT2D eigenvalue weighted by atomic mass is 16.3. The fourth-order valence-corrected chi connectivity index (χ4v) is 1.59. The molecule has 1 aromatic carbocycles. The summed E-state index contributed by atoms with van der Waals surface area (Å²) < 4.78 is 1.82. The fourth-order valence-electron chi connectivity index (χ4n) is 1.59. The molecule has 0 unspecified atom stereocenters. The second-order valence-electron chi connectivity index (χ2n) is 3.74. The summed E-state index contributed by atoms with van der Waals surface area (Å²) >= 11 is 0. The van der Waals surface area contributed by atoms with E-state index in [1.807, 2.05) is 29.9 Å². The van der Waals surface area contributed by atoms with E-state index in [-0.39, 0.29) is 0 Å². The molecule has 0 amide bonds. The first-order chi connectivity index (χ1) is 7.78. The Hall–Kier alpha value is -1.84. The van der Waals surface area contributed by atoms with Crippen molar-refractivity contribution < 1.29 is 5.11 Å². The highest BCUT2D eigenvalue weighted by molar-refractivity contribution is 5.27. The molecule has 0 aliphatic heterocycles. The Kier molecular flexibility index (Phi) is 3.19. The minimum Gasteiger partial charge on any atom is -0.508 e. The fraction of sp³-hybridized carbons (Fsp3) is 0.333. The standard InChI is InChI=1S/C12H15N3O/c1-2-15-9-11(13-14-15)7-6-10-4-3-5-12(16)8-10/h3-5,8-9,16H,2,6-7H2,1H3. The van der Waals surface area contributed by atoms with Crippen molar-refractivity contribution in [1.82, 2.24) is 15.0 Å². The highest BCUT2D eigenvalue weighted by Crippen LogP contribution is 2.12. The van der Waals surface area contributed by atoms with Gasteiger partial charge in [-0.15, -0.1) is 5.10 Å². The molecule has 2 rings (SSSR count). The zero-order valence-electron chi connectivity index (χ0n) is 9.30. The molecule has 1 N–H and O–H groups in total. The molecule has 0 spiro atoms. The summed E-state index contributed by atoms with van der Waals surface area (Å²) in [5.41, 5.74) is 2.11. The van der Waals surface area contributed by atoms with E-state index in [2.05, 4.69) is 10.3 Å². The Balaban J connectivity index is 1.96. The molecule has 1 heterocycles. The van der Waals surface area contributed by atoms with Gasteiger partial charge < -0.3 is 5.11 Å². The van der Waals surface area contributed by atoms with Crippen LogP contribution in [0.2, 0.25) is 0 Å². The molecule has 0 fully saturated rings. The Labute approximate surface area is 94.5 Å². The van der Waals surface area contributed by atoms with Crippen molar-refractivity contribution >= 4 is 0 Å². The van der Waals surface area contributed by atoms with Gasteiger partial charge in [0.05, 0.1) is 5.69 Å². The molecule has 0 saturated carbocycles. The Bertz CT molecular complexity index is 465. The monoisotopic (exact) mass is 217 g/mol. The first-order valence-electron chi connectivity index (χ1n) is 5.45. The van der Waals surface area contributed by atoms with Crippen LogP contribution in [0.25, 0.3) is 0 Å². The van der Waals surface area contributed by atoms with Gasteiger partial charge in [-0.05, 0) is 37.5 Å². The van der Waals surface area contributed by atoms with Gasteiger partial charge >= 0.3 is 0 Å². The van der Waals surface area contributed by atoms with Crippen LogP contribution in [0.5, 0.6) is 5.75 Å². The number of hydrogen-bond donors (Lipinski definition) is 1. The minimum absolute atomic E-state index is 0.315. The molecule has 84 valence electrons. The van der Waals surface area contributed by atoms with Crippen molar-refractivity contribution in [3.8, 4) is 5.75 Å². The summed E-state index contributed by atoms with van der Waals surface area (Å²) in [7, 11) is 0. The minimum atomic E-state index is 0.315. The van der Waals surface area contributed by atoms with E-state index in [1.165, 1.54) is 0 Å². The largest absolute Gasteiger partial charge is 0.508 e. The Morgan fingerprint density at radius 2 is 2.19 bits per heavy atom. The van der Waals surface area contributed by atoms with Crippen LogP contribution in [-0.2, 0) is 19.4 Å². The van der Waals surface area contributed by atoms with Gasteiger partial charge in [0.1, 0.15) is 5.75 Å². The van der Waals surface area contributed by atoms with E-state index in [0.717, 1.165) is 30.6 Å². The van der Waals surface area contributed by atoms with E-state index in [4.69, 9.17) is 0 Å². The lowest BCUT2D eigenvalue weighted by atomic mass is 10.1. The van der Waals surface area contributed by atoms with Crippen molar-refractivity contribution in [2.45, 2.75) is 26.3 Å². The van der Waals surface area contributed by atoms with Gasteiger partial charge in [-0.2, -0.15) is 0 Å². The molecule has 0 aliphatic carbocycles. The van der Waals surface area contributed by atoms with Crippen LogP contribution in [0.4, 0.5) is 0 Å². The SMILES string of the molecule is CCn1cc(CCc2cccc(O)c2)nn1. The van der Waals surface area contributed by atoms with Gasteiger partial charge in [0.25, 0.3) is 0 Å². The zero-order valence-corrected chi connectivity index (χ0v) is 9.30. The summed E-state index contributed by atoms with van der Waals surface area (Å²) in [6.45, 7) is 2.88. The van der Waals surface area contributed by atoms with E-state index in [0.29, 0.717) is 5.75 Å². The first kappa shape index (κ1) is 10.7. The summed E-state index contributed by atoms with van der Waals surface area (Å²) in [6.07, 6.45) is 3.68. The van der Waals surface area contributed by atoms with E-state index >= 15 is 0 Å². The molecule has 16 heavy (non-hydrogen) atoms. The number of rotatable bonds is 4. The number of aryl methyl sites for hydroxylation is 3. The maximum absolute atomic E-state index is 9.32. The zero-order chi connectivity index (χ0) is 11.4. The molecular formula is C12H15N3O. The van der Waals surface area contributed by atoms with Gasteiger partial charge in [-0.1, -0.05) is 17.3 Å². The lowest BCUT2D eigenvalue weighted by molar-refractivity contribution is 0.474. The predicted octanol–water partition coefficient (Wildman–Crippen LogP) is 1.79. The van der Waals surface area contributed by atoms with Crippen LogP contribution in [0.1, 0.15) is 18.2 Å². The third kappa shape index (κ3) is 2.59. The van der Waals surface area contributed by atoms with Crippen LogP contribution < -0.4 is 0 Å². The van der Waals surface area contributed by atoms with Crippen LogP contribution in [0.3, 0.4) is 0 Å². The predicted molar refractivity (Wildman–Crippen MR) is 61.2 cm³/mol. The Morgan fingerprint density at radius 3 is 2.88 bits per heavy atom. The van der Waals surface area contributed by atoms with Gasteiger partial charge in [-0.25, -0.2) is 0 Å². The summed E-state index contributed by atoms with van der Waals surface area (Å²) in [4.78, 5) is 0. The van der Waals surface area contributed by atoms with Gasteiger partial charge in [0, 0.05) is 12.7 Å². The average molecular weight is 217 g/mol. The molecule has 0 saturated heterocycles. The number of nitrogens with zero attached hydrogens (tertiary/aromatic N) is 3. The summed E-state index contributed by atoms with van der Waals surface area (Å²) in [6, 6.07) is 7.32. The van der Waals surface area contributed by atoms with E-state index in [9.17, 15) is 5.11 Å². The number of hydrogen-bond acceptors (Lipinski definition) is 3. The molecule has 4 nitrogen and oxygen atoms in total. The third-order valence-electron chi connectivity index (χ3n) is 2.49. The summed E-state index contributed by atoms with van der Waals surface area (Å²) in [5.74, 6) is 0.315. The second-order valence-corrected chi connectivity index (χ2v) is 3.74. The van der Waals surface area contributed by atoms with Crippen molar-refractivity contribution in [2.75, 3.05) is 0 Å². The Morgan fingerprint density at radius 1 is 1.31 bits per heavy atom. The number of aromatic nitrogens is 3. The number of phenols is 1.